The highest BCUT2D eigenvalue weighted by molar-refractivity contribution is 5.88. The van der Waals surface area contributed by atoms with Gasteiger partial charge in [0, 0.05) is 17.9 Å². The fourth-order valence-electron chi connectivity index (χ4n) is 2.58. The molecule has 1 N–H and O–H groups in total. The second-order valence-electron chi connectivity index (χ2n) is 5.90. The molecule has 0 heterocycles. The Kier molecular flexibility index (Phi) is 7.40. The lowest BCUT2D eigenvalue weighted by atomic mass is 10.1. The van der Waals surface area contributed by atoms with Crippen LogP contribution in [0.4, 0.5) is 20.6 Å². The third-order valence-corrected chi connectivity index (χ3v) is 4.01. The lowest BCUT2D eigenvalue weighted by Crippen LogP contribution is -2.23. The molecular weight excluding hydrogens is 363 g/mol. The minimum absolute atomic E-state index is 0.0107. The summed E-state index contributed by atoms with van der Waals surface area (Å²) >= 11 is 0. The van der Waals surface area contributed by atoms with Crippen LogP contribution in [0.5, 0.6) is 0 Å². The maximum atomic E-state index is 13.1. The van der Waals surface area contributed by atoms with Gasteiger partial charge in [-0.05, 0) is 35.4 Å². The van der Waals surface area contributed by atoms with Crippen molar-refractivity contribution in [2.45, 2.75) is 13.0 Å². The van der Waals surface area contributed by atoms with Crippen molar-refractivity contribution in [1.29, 1.82) is 0 Å². The van der Waals surface area contributed by atoms with Crippen molar-refractivity contribution in [1.82, 2.24) is 0 Å². The average Bonchev–Trinajstić information content (AvgIpc) is 2.70. The Morgan fingerprint density at radius 3 is 2.46 bits per heavy atom. The molecule has 146 valence electrons. The van der Waals surface area contributed by atoms with E-state index in [4.69, 9.17) is 11.2 Å². The molecule has 0 radical (unpaired) electrons. The summed E-state index contributed by atoms with van der Waals surface area (Å²) in [5.74, 6) is 1.84. The molecule has 28 heavy (non-hydrogen) atoms. The second kappa shape index (κ2) is 9.97. The van der Waals surface area contributed by atoms with Crippen molar-refractivity contribution in [3.05, 3.63) is 59.4 Å². The number of hydrogen-bond acceptors (Lipinski definition) is 5. The van der Waals surface area contributed by atoms with Gasteiger partial charge in [-0.3, -0.25) is 10.1 Å². The number of methoxy groups -OCH3 is 2. The molecule has 0 fully saturated rings. The number of benzene rings is 2. The number of ether oxygens (including phenoxy) is 2. The van der Waals surface area contributed by atoms with Gasteiger partial charge in [-0.1, -0.05) is 24.1 Å². The van der Waals surface area contributed by atoms with Gasteiger partial charge < -0.3 is 14.4 Å². The van der Waals surface area contributed by atoms with Crippen molar-refractivity contribution in [3.63, 3.8) is 0 Å². The Hall–Kier alpha value is -3.53. The van der Waals surface area contributed by atoms with Crippen molar-refractivity contribution < 1.29 is 23.5 Å². The summed E-state index contributed by atoms with van der Waals surface area (Å²) in [7, 11) is 2.54. The first-order valence-electron chi connectivity index (χ1n) is 8.44. The fraction of sp³-hybridized carbons (Fsp3) is 0.238. The fourth-order valence-corrected chi connectivity index (χ4v) is 2.58. The number of nitrogens with zero attached hydrogens (tertiary/aromatic N) is 1. The number of carbonyl (C=O) groups excluding carboxylic acids is 2. The van der Waals surface area contributed by atoms with Crippen LogP contribution < -0.4 is 10.2 Å². The first-order valence-corrected chi connectivity index (χ1v) is 8.44. The molecule has 0 unspecified atom stereocenters. The predicted molar refractivity (Wildman–Crippen MR) is 104 cm³/mol. The van der Waals surface area contributed by atoms with Crippen LogP contribution in [0.2, 0.25) is 0 Å². The zero-order valence-corrected chi connectivity index (χ0v) is 15.7. The zero-order valence-electron chi connectivity index (χ0n) is 15.7. The Balaban J connectivity index is 2.35. The molecule has 0 bridgehead atoms. The number of nitrogens with one attached hydrogen (secondary N) is 1. The summed E-state index contributed by atoms with van der Waals surface area (Å²) in [6.45, 7) is 0.740. The maximum Gasteiger partial charge on any atom is 0.411 e. The molecule has 0 aliphatic heterocycles. The lowest BCUT2D eigenvalue weighted by Gasteiger charge is -2.24. The van der Waals surface area contributed by atoms with Crippen molar-refractivity contribution in [2.24, 2.45) is 0 Å². The average molecular weight is 384 g/mol. The number of esters is 1. The molecule has 7 heteroatoms. The second-order valence-corrected chi connectivity index (χ2v) is 5.90. The maximum absolute atomic E-state index is 13.1. The zero-order chi connectivity index (χ0) is 20.5. The summed E-state index contributed by atoms with van der Waals surface area (Å²) in [6.07, 6.45) is 4.82. The monoisotopic (exact) mass is 384 g/mol. The van der Waals surface area contributed by atoms with Gasteiger partial charge >= 0.3 is 12.1 Å². The lowest BCUT2D eigenvalue weighted by molar-refractivity contribution is -0.139. The number of terminal acetylenes is 1. The van der Waals surface area contributed by atoms with Gasteiger partial charge in [0.25, 0.3) is 0 Å². The van der Waals surface area contributed by atoms with E-state index in [0.29, 0.717) is 24.3 Å². The van der Waals surface area contributed by atoms with E-state index in [1.54, 1.807) is 30.3 Å². The molecule has 0 aliphatic carbocycles. The quantitative estimate of drug-likeness (QED) is 0.586. The highest BCUT2D eigenvalue weighted by atomic mass is 19.1. The molecule has 2 aromatic rings. The molecule has 6 nitrogen and oxygen atoms in total. The van der Waals surface area contributed by atoms with E-state index in [9.17, 15) is 14.0 Å². The van der Waals surface area contributed by atoms with Crippen LogP contribution in [0.1, 0.15) is 11.1 Å². The topological polar surface area (TPSA) is 67.9 Å². The normalized spacial score (nSPS) is 9.93. The summed E-state index contributed by atoms with van der Waals surface area (Å²) < 4.78 is 22.5. The summed E-state index contributed by atoms with van der Waals surface area (Å²) in [5.41, 5.74) is 2.58. The molecule has 0 aliphatic rings. The minimum Gasteiger partial charge on any atom is -0.469 e. The summed E-state index contributed by atoms with van der Waals surface area (Å²) in [4.78, 5) is 25.2. The van der Waals surface area contributed by atoms with E-state index < -0.39 is 12.1 Å². The van der Waals surface area contributed by atoms with Gasteiger partial charge in [-0.25, -0.2) is 9.18 Å². The first kappa shape index (κ1) is 20.8. The molecule has 0 atom stereocenters. The summed E-state index contributed by atoms with van der Waals surface area (Å²) in [6, 6.07) is 11.3. The van der Waals surface area contributed by atoms with Gasteiger partial charge in [-0.2, -0.15) is 0 Å². The number of hydrogen-bond donors (Lipinski definition) is 1. The van der Waals surface area contributed by atoms with Crippen molar-refractivity contribution >= 4 is 23.4 Å². The van der Waals surface area contributed by atoms with E-state index in [1.807, 2.05) is 4.90 Å². The largest absolute Gasteiger partial charge is 0.469 e. The number of amides is 1. The van der Waals surface area contributed by atoms with Crippen LogP contribution in [-0.2, 0) is 27.2 Å². The minimum atomic E-state index is -0.662. The highest BCUT2D eigenvalue weighted by Crippen LogP contribution is 2.26. The van der Waals surface area contributed by atoms with Gasteiger partial charge in [-0.15, -0.1) is 6.42 Å². The van der Waals surface area contributed by atoms with E-state index in [-0.39, 0.29) is 12.2 Å². The SMILES string of the molecule is C#CCN(Cc1ccc(F)cc1)c1ccc(CC(=O)OC)c(NC(=O)OC)c1. The van der Waals surface area contributed by atoms with Crippen LogP contribution in [0.25, 0.3) is 0 Å². The molecule has 0 saturated carbocycles. The van der Waals surface area contributed by atoms with E-state index in [1.165, 1.54) is 26.4 Å². The standard InChI is InChI=1S/C21H21FN2O4/c1-4-11-24(14-15-5-8-17(22)9-6-15)18-10-7-16(12-20(25)27-2)19(13-18)23-21(26)28-3/h1,5-10,13H,11-12,14H2,2-3H3,(H,23,26). The molecule has 1 amide bonds. The first-order chi connectivity index (χ1) is 13.5. The molecule has 0 aromatic heterocycles. The smallest absolute Gasteiger partial charge is 0.411 e. The molecule has 0 spiro atoms. The Labute approximate surface area is 163 Å². The molecular formula is C21H21FN2O4. The molecule has 2 aromatic carbocycles. The van der Waals surface area contributed by atoms with Crippen molar-refractivity contribution in [2.75, 3.05) is 31.0 Å². The van der Waals surface area contributed by atoms with Gasteiger partial charge in [0.15, 0.2) is 0 Å². The van der Waals surface area contributed by atoms with E-state index in [0.717, 1.165) is 11.3 Å². The van der Waals surface area contributed by atoms with Crippen LogP contribution in [0, 0.1) is 18.2 Å². The third-order valence-electron chi connectivity index (χ3n) is 4.01. The Morgan fingerprint density at radius 2 is 1.86 bits per heavy atom. The number of halogens is 1. The Morgan fingerprint density at radius 1 is 1.14 bits per heavy atom. The molecule has 0 saturated heterocycles. The number of rotatable bonds is 7. The summed E-state index contributed by atoms with van der Waals surface area (Å²) in [5, 5.41) is 2.60. The van der Waals surface area contributed by atoms with Crippen LogP contribution in [-0.4, -0.2) is 32.8 Å². The predicted octanol–water partition coefficient (Wildman–Crippen LogP) is 3.36. The molecule has 2 rings (SSSR count). The van der Waals surface area contributed by atoms with Gasteiger partial charge in [0.05, 0.1) is 27.2 Å². The number of anilines is 2. The van der Waals surface area contributed by atoms with E-state index in [2.05, 4.69) is 16.0 Å². The van der Waals surface area contributed by atoms with Gasteiger partial charge in [0.1, 0.15) is 5.82 Å². The van der Waals surface area contributed by atoms with E-state index >= 15 is 0 Å². The van der Waals surface area contributed by atoms with Gasteiger partial charge in [0.2, 0.25) is 0 Å². The Bertz CT molecular complexity index is 875. The highest BCUT2D eigenvalue weighted by Gasteiger charge is 2.15. The van der Waals surface area contributed by atoms with Crippen LogP contribution in [0.3, 0.4) is 0 Å². The number of carbonyl (C=O) groups is 2. The van der Waals surface area contributed by atoms with Crippen LogP contribution in [0.15, 0.2) is 42.5 Å². The van der Waals surface area contributed by atoms with Crippen LogP contribution >= 0.6 is 0 Å². The van der Waals surface area contributed by atoms with Crippen molar-refractivity contribution in [3.8, 4) is 12.3 Å². The third kappa shape index (κ3) is 5.74.